The molecule has 0 aliphatic carbocycles. The first kappa shape index (κ1) is 14.2. The van der Waals surface area contributed by atoms with Crippen molar-refractivity contribution >= 4 is 0 Å². The monoisotopic (exact) mass is 237 g/mol. The van der Waals surface area contributed by atoms with Crippen LogP contribution in [0, 0.1) is 17.7 Å². The molecule has 0 aliphatic heterocycles. The zero-order chi connectivity index (χ0) is 12.8. The van der Waals surface area contributed by atoms with Gasteiger partial charge in [0.05, 0.1) is 0 Å². The molecule has 2 heteroatoms. The molecule has 1 aromatic rings. The summed E-state index contributed by atoms with van der Waals surface area (Å²) in [4.78, 5) is 0. The van der Waals surface area contributed by atoms with Gasteiger partial charge in [-0.3, -0.25) is 0 Å². The third-order valence-electron chi connectivity index (χ3n) is 3.25. The molecule has 1 aromatic carbocycles. The van der Waals surface area contributed by atoms with Crippen molar-refractivity contribution in [3.63, 3.8) is 0 Å². The molecule has 0 aromatic heterocycles. The van der Waals surface area contributed by atoms with E-state index in [9.17, 15) is 4.39 Å². The second kappa shape index (κ2) is 6.75. The van der Waals surface area contributed by atoms with E-state index in [0.29, 0.717) is 17.8 Å². The van der Waals surface area contributed by atoms with Gasteiger partial charge in [-0.05, 0) is 48.5 Å². The van der Waals surface area contributed by atoms with Crippen molar-refractivity contribution in [3.8, 4) is 0 Å². The van der Waals surface area contributed by atoms with Gasteiger partial charge < -0.3 is 5.32 Å². The van der Waals surface area contributed by atoms with E-state index in [1.54, 1.807) is 12.1 Å². The van der Waals surface area contributed by atoms with Gasteiger partial charge in [-0.1, -0.05) is 39.8 Å². The Morgan fingerprint density at radius 3 is 2.41 bits per heavy atom. The van der Waals surface area contributed by atoms with Gasteiger partial charge in [0.25, 0.3) is 0 Å². The van der Waals surface area contributed by atoms with Crippen molar-refractivity contribution in [1.29, 1.82) is 0 Å². The van der Waals surface area contributed by atoms with E-state index in [1.165, 1.54) is 6.07 Å². The van der Waals surface area contributed by atoms with Crippen LogP contribution in [0.15, 0.2) is 24.3 Å². The molecule has 1 N–H and O–H groups in total. The van der Waals surface area contributed by atoms with E-state index in [1.807, 2.05) is 6.07 Å². The molecule has 0 aliphatic rings. The Bertz CT molecular complexity index is 335. The summed E-state index contributed by atoms with van der Waals surface area (Å²) in [5.74, 6) is 1.42. The topological polar surface area (TPSA) is 12.0 Å². The lowest BCUT2D eigenvalue weighted by molar-refractivity contribution is 0.427. The molecular formula is C15H24FN. The van der Waals surface area contributed by atoms with Crippen molar-refractivity contribution < 1.29 is 4.39 Å². The van der Waals surface area contributed by atoms with Gasteiger partial charge in [0.2, 0.25) is 0 Å². The van der Waals surface area contributed by atoms with Crippen molar-refractivity contribution in [1.82, 2.24) is 5.32 Å². The van der Waals surface area contributed by atoms with Crippen LogP contribution in [0.1, 0.15) is 39.2 Å². The Morgan fingerprint density at radius 1 is 1.12 bits per heavy atom. The van der Waals surface area contributed by atoms with Crippen LogP contribution in [0.2, 0.25) is 0 Å². The molecule has 0 bridgehead atoms. The van der Waals surface area contributed by atoms with Gasteiger partial charge in [-0.25, -0.2) is 4.39 Å². The Labute approximate surface area is 104 Å². The fraction of sp³-hybridized carbons (Fsp3) is 0.600. The second-order valence-corrected chi connectivity index (χ2v) is 5.37. The number of hydrogen-bond donors (Lipinski definition) is 1. The molecule has 17 heavy (non-hydrogen) atoms. The minimum Gasteiger partial charge on any atom is -0.316 e. The predicted octanol–water partition coefficient (Wildman–Crippen LogP) is 3.81. The molecular weight excluding hydrogens is 213 g/mol. The first-order chi connectivity index (χ1) is 8.00. The Kier molecular flexibility index (Phi) is 5.63. The van der Waals surface area contributed by atoms with Gasteiger partial charge >= 0.3 is 0 Å². The Morgan fingerprint density at radius 2 is 1.82 bits per heavy atom. The van der Waals surface area contributed by atoms with Crippen LogP contribution in [0.5, 0.6) is 0 Å². The molecule has 1 rings (SSSR count). The van der Waals surface area contributed by atoms with E-state index in [4.69, 9.17) is 0 Å². The summed E-state index contributed by atoms with van der Waals surface area (Å²) in [6.45, 7) is 10.8. The number of hydrogen-bond acceptors (Lipinski definition) is 1. The quantitative estimate of drug-likeness (QED) is 0.793. The SMILES string of the molecule is CC(C)CNCC(C)C(C)c1cccc(F)c1. The summed E-state index contributed by atoms with van der Waals surface area (Å²) in [7, 11) is 0. The largest absolute Gasteiger partial charge is 0.316 e. The van der Waals surface area contributed by atoms with Crippen LogP contribution in [0.4, 0.5) is 4.39 Å². The predicted molar refractivity (Wildman–Crippen MR) is 71.7 cm³/mol. The number of halogens is 1. The summed E-state index contributed by atoms with van der Waals surface area (Å²) in [6.07, 6.45) is 0. The van der Waals surface area contributed by atoms with Crippen molar-refractivity contribution in [3.05, 3.63) is 35.6 Å². The highest BCUT2D eigenvalue weighted by Gasteiger charge is 2.14. The third-order valence-corrected chi connectivity index (χ3v) is 3.25. The highest BCUT2D eigenvalue weighted by Crippen LogP contribution is 2.23. The van der Waals surface area contributed by atoms with E-state index < -0.39 is 0 Å². The van der Waals surface area contributed by atoms with Crippen LogP contribution in [-0.4, -0.2) is 13.1 Å². The molecule has 1 nitrogen and oxygen atoms in total. The molecule has 0 saturated heterocycles. The van der Waals surface area contributed by atoms with Gasteiger partial charge in [0.15, 0.2) is 0 Å². The minimum absolute atomic E-state index is 0.142. The molecule has 96 valence electrons. The first-order valence-corrected chi connectivity index (χ1v) is 6.47. The van der Waals surface area contributed by atoms with E-state index in [-0.39, 0.29) is 5.82 Å². The standard InChI is InChI=1S/C15H24FN/c1-11(2)9-17-10-12(3)13(4)14-6-5-7-15(16)8-14/h5-8,11-13,17H,9-10H2,1-4H3. The van der Waals surface area contributed by atoms with E-state index in [2.05, 4.69) is 33.0 Å². The van der Waals surface area contributed by atoms with Crippen LogP contribution in [0.25, 0.3) is 0 Å². The summed E-state index contributed by atoms with van der Waals surface area (Å²) >= 11 is 0. The summed E-state index contributed by atoms with van der Waals surface area (Å²) < 4.78 is 13.1. The Balaban J connectivity index is 2.48. The normalized spacial score (nSPS) is 14.9. The number of benzene rings is 1. The van der Waals surface area contributed by atoms with E-state index in [0.717, 1.165) is 18.7 Å². The molecule has 0 spiro atoms. The van der Waals surface area contributed by atoms with Crippen LogP contribution < -0.4 is 5.32 Å². The van der Waals surface area contributed by atoms with Crippen molar-refractivity contribution in [2.45, 2.75) is 33.6 Å². The zero-order valence-electron chi connectivity index (χ0n) is 11.3. The lowest BCUT2D eigenvalue weighted by Crippen LogP contribution is -2.27. The smallest absolute Gasteiger partial charge is 0.123 e. The third kappa shape index (κ3) is 4.86. The average molecular weight is 237 g/mol. The Hall–Kier alpha value is -0.890. The molecule has 0 fully saturated rings. The maximum absolute atomic E-state index is 13.1. The molecule has 2 unspecified atom stereocenters. The molecule has 2 atom stereocenters. The summed E-state index contributed by atoms with van der Waals surface area (Å²) in [5, 5.41) is 3.46. The molecule has 0 heterocycles. The molecule has 0 radical (unpaired) electrons. The maximum Gasteiger partial charge on any atom is 0.123 e. The molecule has 0 saturated carbocycles. The minimum atomic E-state index is -0.142. The number of nitrogens with one attached hydrogen (secondary N) is 1. The average Bonchev–Trinajstić information content (AvgIpc) is 2.27. The number of rotatable bonds is 6. The van der Waals surface area contributed by atoms with Gasteiger partial charge in [-0.2, -0.15) is 0 Å². The highest BCUT2D eigenvalue weighted by molar-refractivity contribution is 5.20. The van der Waals surface area contributed by atoms with Crippen LogP contribution in [0.3, 0.4) is 0 Å². The second-order valence-electron chi connectivity index (χ2n) is 5.37. The van der Waals surface area contributed by atoms with Crippen LogP contribution in [-0.2, 0) is 0 Å². The summed E-state index contributed by atoms with van der Waals surface area (Å²) in [5.41, 5.74) is 1.09. The maximum atomic E-state index is 13.1. The summed E-state index contributed by atoms with van der Waals surface area (Å²) in [6, 6.07) is 6.93. The van der Waals surface area contributed by atoms with Crippen molar-refractivity contribution in [2.24, 2.45) is 11.8 Å². The van der Waals surface area contributed by atoms with Crippen LogP contribution >= 0.6 is 0 Å². The first-order valence-electron chi connectivity index (χ1n) is 6.47. The van der Waals surface area contributed by atoms with E-state index >= 15 is 0 Å². The fourth-order valence-corrected chi connectivity index (χ4v) is 1.89. The lowest BCUT2D eigenvalue weighted by Gasteiger charge is -2.21. The molecule has 0 amide bonds. The highest BCUT2D eigenvalue weighted by atomic mass is 19.1. The fourth-order valence-electron chi connectivity index (χ4n) is 1.89. The lowest BCUT2D eigenvalue weighted by atomic mass is 9.89. The van der Waals surface area contributed by atoms with Gasteiger partial charge in [-0.15, -0.1) is 0 Å². The van der Waals surface area contributed by atoms with Gasteiger partial charge in [0.1, 0.15) is 5.82 Å². The van der Waals surface area contributed by atoms with Gasteiger partial charge in [0, 0.05) is 0 Å². The zero-order valence-corrected chi connectivity index (χ0v) is 11.3. The van der Waals surface area contributed by atoms with Crippen molar-refractivity contribution in [2.75, 3.05) is 13.1 Å².